The normalized spacial score (nSPS) is 30.2. The number of fused-ring (bicyclic) bond motifs is 1. The molecule has 150 valence electrons. The lowest BCUT2D eigenvalue weighted by Crippen LogP contribution is -2.59. The molecule has 4 rings (SSSR count). The van der Waals surface area contributed by atoms with Crippen molar-refractivity contribution in [1.82, 2.24) is 19.6 Å². The van der Waals surface area contributed by atoms with Gasteiger partial charge in [-0.1, -0.05) is 20.8 Å². The van der Waals surface area contributed by atoms with E-state index >= 15 is 0 Å². The van der Waals surface area contributed by atoms with E-state index in [-0.39, 0.29) is 11.3 Å². The summed E-state index contributed by atoms with van der Waals surface area (Å²) < 4.78 is 7.48. The molecule has 3 aliphatic rings. The molecule has 0 unspecified atom stereocenters. The smallest absolute Gasteiger partial charge is 0.257 e. The molecule has 3 fully saturated rings. The SMILES string of the molecule is CCCn1ncc(C(=O)N2C[C@@H]3C(C)(C)C[C@]3(CN3CCOCC3)C2)c1C. The van der Waals surface area contributed by atoms with E-state index in [0.717, 1.165) is 70.2 Å². The van der Waals surface area contributed by atoms with Crippen LogP contribution in [0.1, 0.15) is 49.7 Å². The van der Waals surface area contributed by atoms with E-state index in [1.165, 1.54) is 6.42 Å². The minimum atomic E-state index is 0.168. The van der Waals surface area contributed by atoms with E-state index in [0.29, 0.717) is 11.3 Å². The topological polar surface area (TPSA) is 50.6 Å². The molecule has 0 radical (unpaired) electrons. The number of amides is 1. The molecule has 2 aliphatic heterocycles. The van der Waals surface area contributed by atoms with Crippen LogP contribution in [0.5, 0.6) is 0 Å². The fourth-order valence-corrected chi connectivity index (χ4v) is 5.96. The Balaban J connectivity index is 1.51. The van der Waals surface area contributed by atoms with Gasteiger partial charge in [-0.2, -0.15) is 5.10 Å². The molecule has 0 spiro atoms. The number of hydrogen-bond donors (Lipinski definition) is 0. The summed E-state index contributed by atoms with van der Waals surface area (Å²) in [7, 11) is 0. The number of rotatable bonds is 5. The maximum absolute atomic E-state index is 13.3. The third-order valence-electron chi connectivity index (χ3n) is 7.10. The van der Waals surface area contributed by atoms with E-state index in [1.807, 2.05) is 11.6 Å². The molecular formula is C21H34N4O2. The van der Waals surface area contributed by atoms with Gasteiger partial charge in [-0.3, -0.25) is 14.4 Å². The van der Waals surface area contributed by atoms with Crippen LogP contribution in [-0.2, 0) is 11.3 Å². The van der Waals surface area contributed by atoms with Gasteiger partial charge in [-0.05, 0) is 31.1 Å². The number of likely N-dealkylation sites (tertiary alicyclic amines) is 1. The van der Waals surface area contributed by atoms with Crippen molar-refractivity contribution in [2.24, 2.45) is 16.7 Å². The molecule has 1 aromatic rings. The van der Waals surface area contributed by atoms with Crippen LogP contribution in [-0.4, -0.2) is 71.4 Å². The van der Waals surface area contributed by atoms with Gasteiger partial charge < -0.3 is 9.64 Å². The highest BCUT2D eigenvalue weighted by atomic mass is 16.5. The second-order valence-corrected chi connectivity index (χ2v) is 9.52. The van der Waals surface area contributed by atoms with Crippen LogP contribution >= 0.6 is 0 Å². The Kier molecular flexibility index (Phi) is 4.83. The van der Waals surface area contributed by atoms with Crippen molar-refractivity contribution in [3.63, 3.8) is 0 Å². The van der Waals surface area contributed by atoms with E-state index in [2.05, 4.69) is 35.7 Å². The van der Waals surface area contributed by atoms with E-state index < -0.39 is 0 Å². The fraction of sp³-hybridized carbons (Fsp3) is 0.810. The molecule has 27 heavy (non-hydrogen) atoms. The Bertz CT molecular complexity index is 707. The minimum absolute atomic E-state index is 0.168. The number of carbonyl (C=O) groups excluding carboxylic acids is 1. The number of aromatic nitrogens is 2. The monoisotopic (exact) mass is 374 g/mol. The van der Waals surface area contributed by atoms with Crippen molar-refractivity contribution in [2.75, 3.05) is 45.9 Å². The third kappa shape index (κ3) is 3.21. The number of morpholine rings is 1. The Morgan fingerprint density at radius 1 is 1.33 bits per heavy atom. The summed E-state index contributed by atoms with van der Waals surface area (Å²) in [6.45, 7) is 16.3. The molecule has 0 bridgehead atoms. The average molecular weight is 375 g/mol. The molecule has 2 saturated heterocycles. The van der Waals surface area contributed by atoms with Crippen molar-refractivity contribution >= 4 is 5.91 Å². The van der Waals surface area contributed by atoms with Crippen molar-refractivity contribution in [2.45, 2.75) is 47.1 Å². The minimum Gasteiger partial charge on any atom is -0.379 e. The van der Waals surface area contributed by atoms with Crippen LogP contribution in [0.25, 0.3) is 0 Å². The van der Waals surface area contributed by atoms with E-state index in [1.54, 1.807) is 6.20 Å². The maximum atomic E-state index is 13.3. The first kappa shape index (κ1) is 18.9. The van der Waals surface area contributed by atoms with Gasteiger partial charge in [0.2, 0.25) is 0 Å². The average Bonchev–Trinajstić information content (AvgIpc) is 3.14. The molecular weight excluding hydrogens is 340 g/mol. The Hall–Kier alpha value is -1.40. The Labute approximate surface area is 162 Å². The third-order valence-corrected chi connectivity index (χ3v) is 7.10. The zero-order chi connectivity index (χ0) is 19.2. The van der Waals surface area contributed by atoms with Gasteiger partial charge in [0.15, 0.2) is 0 Å². The Morgan fingerprint density at radius 2 is 2.07 bits per heavy atom. The largest absolute Gasteiger partial charge is 0.379 e. The van der Waals surface area contributed by atoms with Gasteiger partial charge in [0, 0.05) is 50.4 Å². The second-order valence-electron chi connectivity index (χ2n) is 9.52. The van der Waals surface area contributed by atoms with Gasteiger partial charge in [-0.25, -0.2) is 0 Å². The molecule has 0 aromatic carbocycles. The van der Waals surface area contributed by atoms with Crippen LogP contribution in [0.3, 0.4) is 0 Å². The van der Waals surface area contributed by atoms with Gasteiger partial charge >= 0.3 is 0 Å². The Morgan fingerprint density at radius 3 is 2.74 bits per heavy atom. The highest BCUT2D eigenvalue weighted by molar-refractivity contribution is 5.95. The quantitative estimate of drug-likeness (QED) is 0.794. The number of hydrogen-bond acceptors (Lipinski definition) is 4. The zero-order valence-corrected chi connectivity index (χ0v) is 17.3. The van der Waals surface area contributed by atoms with Crippen molar-refractivity contribution < 1.29 is 9.53 Å². The zero-order valence-electron chi connectivity index (χ0n) is 17.3. The number of aryl methyl sites for hydroxylation is 1. The summed E-state index contributed by atoms with van der Waals surface area (Å²) in [4.78, 5) is 17.9. The fourth-order valence-electron chi connectivity index (χ4n) is 5.96. The molecule has 1 amide bonds. The van der Waals surface area contributed by atoms with Gasteiger partial charge in [-0.15, -0.1) is 0 Å². The molecule has 1 saturated carbocycles. The highest BCUT2D eigenvalue weighted by Crippen LogP contribution is 2.63. The molecule has 1 aliphatic carbocycles. The molecule has 6 nitrogen and oxygen atoms in total. The summed E-state index contributed by atoms with van der Waals surface area (Å²) in [6, 6.07) is 0. The van der Waals surface area contributed by atoms with Crippen LogP contribution in [0.4, 0.5) is 0 Å². The predicted octanol–water partition coefficient (Wildman–Crippen LogP) is 2.42. The summed E-state index contributed by atoms with van der Waals surface area (Å²) >= 11 is 0. The standard InChI is InChI=1S/C21H34N4O2/c1-5-6-25-16(2)17(11-22-25)19(26)24-12-18-20(3,4)13-21(18,15-24)14-23-7-9-27-10-8-23/h11,18H,5-10,12-15H2,1-4H3/t18-,21+/m1/s1. The molecule has 1 aromatic heterocycles. The number of ether oxygens (including phenoxy) is 1. The predicted molar refractivity (Wildman–Crippen MR) is 105 cm³/mol. The lowest BCUT2D eigenvalue weighted by molar-refractivity contribution is -0.0966. The van der Waals surface area contributed by atoms with Gasteiger partial charge in [0.25, 0.3) is 5.91 Å². The summed E-state index contributed by atoms with van der Waals surface area (Å²) in [6.07, 6.45) is 4.01. The maximum Gasteiger partial charge on any atom is 0.257 e. The van der Waals surface area contributed by atoms with Crippen LogP contribution in [0.15, 0.2) is 6.20 Å². The lowest BCUT2D eigenvalue weighted by Gasteiger charge is -2.58. The van der Waals surface area contributed by atoms with E-state index in [4.69, 9.17) is 4.74 Å². The van der Waals surface area contributed by atoms with Crippen molar-refractivity contribution in [3.05, 3.63) is 17.5 Å². The summed E-state index contributed by atoms with van der Waals surface area (Å²) in [5.74, 6) is 0.754. The van der Waals surface area contributed by atoms with Gasteiger partial charge in [0.05, 0.1) is 25.0 Å². The number of nitrogens with zero attached hydrogens (tertiary/aromatic N) is 4. The van der Waals surface area contributed by atoms with Crippen LogP contribution in [0.2, 0.25) is 0 Å². The highest BCUT2D eigenvalue weighted by Gasteiger charge is 2.63. The van der Waals surface area contributed by atoms with Crippen LogP contribution < -0.4 is 0 Å². The van der Waals surface area contributed by atoms with Crippen LogP contribution in [0, 0.1) is 23.7 Å². The molecule has 6 heteroatoms. The van der Waals surface area contributed by atoms with Gasteiger partial charge in [0.1, 0.15) is 0 Å². The summed E-state index contributed by atoms with van der Waals surface area (Å²) in [5, 5.41) is 4.44. The molecule has 2 atom stereocenters. The molecule has 3 heterocycles. The second kappa shape index (κ2) is 6.89. The van der Waals surface area contributed by atoms with Crippen molar-refractivity contribution in [3.8, 4) is 0 Å². The number of carbonyl (C=O) groups is 1. The van der Waals surface area contributed by atoms with Crippen molar-refractivity contribution in [1.29, 1.82) is 0 Å². The first-order chi connectivity index (χ1) is 12.9. The van der Waals surface area contributed by atoms with E-state index in [9.17, 15) is 4.79 Å². The molecule has 0 N–H and O–H groups in total. The summed E-state index contributed by atoms with van der Waals surface area (Å²) in [5.41, 5.74) is 2.36. The first-order valence-corrected chi connectivity index (χ1v) is 10.5. The lowest BCUT2D eigenvalue weighted by atomic mass is 9.48. The first-order valence-electron chi connectivity index (χ1n) is 10.5.